The van der Waals surface area contributed by atoms with Gasteiger partial charge in [-0.2, -0.15) is 0 Å². The molecule has 0 aromatic carbocycles. The van der Waals surface area contributed by atoms with Crippen LogP contribution in [0.4, 0.5) is 0 Å². The number of likely N-dealkylation sites (tertiary alicyclic amines) is 1. The average molecular weight is 465 g/mol. The van der Waals surface area contributed by atoms with Gasteiger partial charge in [0.1, 0.15) is 5.01 Å². The van der Waals surface area contributed by atoms with Crippen LogP contribution in [0.15, 0.2) is 4.99 Å². The monoisotopic (exact) mass is 465 g/mol. The molecular weight excluding hydrogens is 433 g/mol. The van der Waals surface area contributed by atoms with E-state index in [0.29, 0.717) is 6.54 Å². The molecule has 5 nitrogen and oxygen atoms in total. The SMILES string of the molecule is CCNC(=NCc1nc(C)c(C)s1)NCCC1CCN(C)CC1.I. The quantitative estimate of drug-likeness (QED) is 0.385. The lowest BCUT2D eigenvalue weighted by Crippen LogP contribution is -2.39. The Morgan fingerprint density at radius 2 is 2.00 bits per heavy atom. The summed E-state index contributed by atoms with van der Waals surface area (Å²) in [6.45, 7) is 11.3. The molecule has 1 aromatic heterocycles. The molecule has 2 rings (SSSR count). The Balaban J connectivity index is 0.00000288. The van der Waals surface area contributed by atoms with E-state index in [-0.39, 0.29) is 24.0 Å². The molecule has 2 heterocycles. The maximum atomic E-state index is 4.67. The van der Waals surface area contributed by atoms with E-state index in [0.717, 1.165) is 35.7 Å². The summed E-state index contributed by atoms with van der Waals surface area (Å²) < 4.78 is 0. The Morgan fingerprint density at radius 1 is 1.29 bits per heavy atom. The van der Waals surface area contributed by atoms with E-state index in [4.69, 9.17) is 0 Å². The highest BCUT2D eigenvalue weighted by Crippen LogP contribution is 2.19. The number of halogens is 1. The van der Waals surface area contributed by atoms with Crippen molar-refractivity contribution >= 4 is 41.3 Å². The predicted molar refractivity (Wildman–Crippen MR) is 115 cm³/mol. The van der Waals surface area contributed by atoms with E-state index < -0.39 is 0 Å². The van der Waals surface area contributed by atoms with Gasteiger partial charge in [0.05, 0.1) is 12.2 Å². The summed E-state index contributed by atoms with van der Waals surface area (Å²) in [5, 5.41) is 7.89. The smallest absolute Gasteiger partial charge is 0.191 e. The highest BCUT2D eigenvalue weighted by Gasteiger charge is 2.16. The van der Waals surface area contributed by atoms with Crippen molar-refractivity contribution in [2.45, 2.75) is 46.6 Å². The van der Waals surface area contributed by atoms with Crippen molar-refractivity contribution in [3.8, 4) is 0 Å². The normalized spacial score (nSPS) is 16.8. The number of nitrogens with zero attached hydrogens (tertiary/aromatic N) is 3. The number of piperidine rings is 1. The summed E-state index contributed by atoms with van der Waals surface area (Å²) in [6, 6.07) is 0. The number of hydrogen-bond acceptors (Lipinski definition) is 4. The van der Waals surface area contributed by atoms with Gasteiger partial charge in [-0.05, 0) is 66.1 Å². The van der Waals surface area contributed by atoms with E-state index in [9.17, 15) is 0 Å². The molecule has 7 heteroatoms. The van der Waals surface area contributed by atoms with Gasteiger partial charge in [0.15, 0.2) is 5.96 Å². The molecule has 138 valence electrons. The zero-order valence-electron chi connectivity index (χ0n) is 15.4. The Labute approximate surface area is 167 Å². The number of nitrogens with one attached hydrogen (secondary N) is 2. The Bertz CT molecular complexity index is 490. The lowest BCUT2D eigenvalue weighted by atomic mass is 9.94. The van der Waals surface area contributed by atoms with Crippen molar-refractivity contribution in [1.82, 2.24) is 20.5 Å². The van der Waals surface area contributed by atoms with Crippen LogP contribution in [0.25, 0.3) is 0 Å². The summed E-state index contributed by atoms with van der Waals surface area (Å²) in [5.74, 6) is 1.76. The fraction of sp³-hybridized carbons (Fsp3) is 0.765. The summed E-state index contributed by atoms with van der Waals surface area (Å²) in [5.41, 5.74) is 1.13. The van der Waals surface area contributed by atoms with Crippen LogP contribution in [-0.2, 0) is 6.54 Å². The highest BCUT2D eigenvalue weighted by atomic mass is 127. The van der Waals surface area contributed by atoms with Crippen LogP contribution >= 0.6 is 35.3 Å². The number of rotatable bonds is 6. The van der Waals surface area contributed by atoms with Crippen molar-refractivity contribution in [3.63, 3.8) is 0 Å². The van der Waals surface area contributed by atoms with Crippen LogP contribution in [0.2, 0.25) is 0 Å². The van der Waals surface area contributed by atoms with Crippen LogP contribution in [0, 0.1) is 19.8 Å². The van der Waals surface area contributed by atoms with Gasteiger partial charge in [-0.3, -0.25) is 0 Å². The van der Waals surface area contributed by atoms with Gasteiger partial charge in [0.25, 0.3) is 0 Å². The third-order valence-electron chi connectivity index (χ3n) is 4.47. The van der Waals surface area contributed by atoms with E-state index in [2.05, 4.69) is 53.3 Å². The van der Waals surface area contributed by atoms with Crippen molar-refractivity contribution in [2.75, 3.05) is 33.2 Å². The Hall–Kier alpha value is -0.410. The molecule has 0 atom stereocenters. The predicted octanol–water partition coefficient (Wildman–Crippen LogP) is 3.16. The second kappa shape index (κ2) is 11.3. The van der Waals surface area contributed by atoms with Crippen molar-refractivity contribution in [1.29, 1.82) is 0 Å². The third kappa shape index (κ3) is 7.23. The molecule has 0 bridgehead atoms. The van der Waals surface area contributed by atoms with E-state index >= 15 is 0 Å². The van der Waals surface area contributed by atoms with Gasteiger partial charge < -0.3 is 15.5 Å². The second-order valence-corrected chi connectivity index (χ2v) is 7.69. The first-order chi connectivity index (χ1) is 11.1. The van der Waals surface area contributed by atoms with Crippen molar-refractivity contribution < 1.29 is 0 Å². The molecule has 0 aliphatic carbocycles. The van der Waals surface area contributed by atoms with Crippen LogP contribution in [0.5, 0.6) is 0 Å². The minimum atomic E-state index is 0. The molecule has 1 fully saturated rings. The minimum Gasteiger partial charge on any atom is -0.357 e. The molecule has 1 saturated heterocycles. The summed E-state index contributed by atoms with van der Waals surface area (Å²) in [6.07, 6.45) is 3.88. The van der Waals surface area contributed by atoms with Crippen LogP contribution < -0.4 is 10.6 Å². The van der Waals surface area contributed by atoms with Gasteiger partial charge in [0, 0.05) is 18.0 Å². The van der Waals surface area contributed by atoms with Crippen molar-refractivity contribution in [3.05, 3.63) is 15.6 Å². The summed E-state index contributed by atoms with van der Waals surface area (Å²) >= 11 is 1.74. The largest absolute Gasteiger partial charge is 0.357 e. The van der Waals surface area contributed by atoms with E-state index in [1.807, 2.05) is 0 Å². The first kappa shape index (κ1) is 21.6. The zero-order valence-corrected chi connectivity index (χ0v) is 18.5. The third-order valence-corrected chi connectivity index (χ3v) is 5.53. The molecule has 0 saturated carbocycles. The van der Waals surface area contributed by atoms with Gasteiger partial charge >= 0.3 is 0 Å². The maximum Gasteiger partial charge on any atom is 0.191 e. The molecule has 0 amide bonds. The molecule has 1 aliphatic heterocycles. The Morgan fingerprint density at radius 3 is 2.58 bits per heavy atom. The second-order valence-electron chi connectivity index (χ2n) is 6.41. The standard InChI is InChI=1S/C17H31N5S.HI/c1-5-18-17(20-12-16-21-13(2)14(3)23-16)19-9-6-15-7-10-22(4)11-8-15;/h15H,5-12H2,1-4H3,(H2,18,19,20);1H. The molecule has 1 aliphatic rings. The fourth-order valence-corrected chi connectivity index (χ4v) is 3.70. The molecule has 0 spiro atoms. The molecule has 24 heavy (non-hydrogen) atoms. The highest BCUT2D eigenvalue weighted by molar-refractivity contribution is 14.0. The molecule has 0 unspecified atom stereocenters. The molecule has 2 N–H and O–H groups in total. The number of thiazole rings is 1. The number of aliphatic imine (C=N–C) groups is 1. The molecule has 1 aromatic rings. The maximum absolute atomic E-state index is 4.67. The van der Waals surface area contributed by atoms with Gasteiger partial charge in [-0.15, -0.1) is 35.3 Å². The van der Waals surface area contributed by atoms with Gasteiger partial charge in [-0.1, -0.05) is 0 Å². The number of aryl methyl sites for hydroxylation is 2. The number of hydrogen-bond donors (Lipinski definition) is 2. The summed E-state index contributed by atoms with van der Waals surface area (Å²) in [7, 11) is 2.21. The zero-order chi connectivity index (χ0) is 16.7. The van der Waals surface area contributed by atoms with Crippen LogP contribution in [-0.4, -0.2) is 49.1 Å². The fourth-order valence-electron chi connectivity index (χ4n) is 2.84. The van der Waals surface area contributed by atoms with E-state index in [1.54, 1.807) is 11.3 Å². The van der Waals surface area contributed by atoms with Crippen molar-refractivity contribution in [2.24, 2.45) is 10.9 Å². The van der Waals surface area contributed by atoms with Crippen LogP contribution in [0.1, 0.15) is 41.8 Å². The lowest BCUT2D eigenvalue weighted by Gasteiger charge is -2.29. The Kier molecular flexibility index (Phi) is 10.1. The number of guanidine groups is 1. The van der Waals surface area contributed by atoms with Gasteiger partial charge in [0.2, 0.25) is 0 Å². The molecule has 0 radical (unpaired) electrons. The topological polar surface area (TPSA) is 52.6 Å². The average Bonchev–Trinajstić information content (AvgIpc) is 2.85. The summed E-state index contributed by atoms with van der Waals surface area (Å²) in [4.78, 5) is 12.9. The van der Waals surface area contributed by atoms with Gasteiger partial charge in [-0.25, -0.2) is 9.98 Å². The lowest BCUT2D eigenvalue weighted by molar-refractivity contribution is 0.213. The number of aromatic nitrogens is 1. The first-order valence-electron chi connectivity index (χ1n) is 8.72. The van der Waals surface area contributed by atoms with Crippen LogP contribution in [0.3, 0.4) is 0 Å². The minimum absolute atomic E-state index is 0. The molecular formula is C17H32IN5S. The first-order valence-corrected chi connectivity index (χ1v) is 9.53. The van der Waals surface area contributed by atoms with E-state index in [1.165, 1.54) is 37.2 Å².